The zero-order valence-corrected chi connectivity index (χ0v) is 15.0. The predicted octanol–water partition coefficient (Wildman–Crippen LogP) is 0.312. The average Bonchev–Trinajstić information content (AvgIpc) is 3.15. The largest absolute Gasteiger partial charge is 0.473 e. The van der Waals surface area contributed by atoms with Crippen LogP contribution in [0.15, 0.2) is 35.1 Å². The van der Waals surface area contributed by atoms with Crippen LogP contribution in [0.2, 0.25) is 0 Å². The first-order valence-electron chi connectivity index (χ1n) is 8.07. The van der Waals surface area contributed by atoms with Gasteiger partial charge in [0.05, 0.1) is 25.6 Å². The monoisotopic (exact) mass is 385 g/mol. The Morgan fingerprint density at radius 2 is 2.12 bits per heavy atom. The summed E-state index contributed by atoms with van der Waals surface area (Å²) in [5.74, 6) is -0.253. The molecule has 0 radical (unpaired) electrons. The van der Waals surface area contributed by atoms with Crippen molar-refractivity contribution in [2.75, 3.05) is 33.4 Å². The van der Waals surface area contributed by atoms with E-state index < -0.39 is 10.0 Å². The van der Waals surface area contributed by atoms with E-state index in [1.165, 1.54) is 29.7 Å². The Bertz CT molecular complexity index is 800. The molecule has 8 nitrogen and oxygen atoms in total. The third-order valence-corrected chi connectivity index (χ3v) is 6.62. The zero-order chi connectivity index (χ0) is 18.9. The van der Waals surface area contributed by atoms with Crippen LogP contribution in [0, 0.1) is 17.8 Å². The smallest absolute Gasteiger partial charge is 0.309 e. The fourth-order valence-corrected chi connectivity index (χ4v) is 4.69. The summed E-state index contributed by atoms with van der Waals surface area (Å²) in [7, 11) is -2.35. The molecule has 2 fully saturated rings. The summed E-state index contributed by atoms with van der Waals surface area (Å²) in [5, 5.41) is 0. The highest BCUT2D eigenvalue weighted by atomic mass is 32.2. The number of halogens is 1. The molecule has 142 valence electrons. The summed E-state index contributed by atoms with van der Waals surface area (Å²) in [4.78, 5) is 15.5. The van der Waals surface area contributed by atoms with Gasteiger partial charge >= 0.3 is 5.97 Å². The molecule has 2 N–H and O–H groups in total. The van der Waals surface area contributed by atoms with Gasteiger partial charge in [-0.2, -0.15) is 4.31 Å². The topological polar surface area (TPSA) is 112 Å². The number of nitrogens with two attached hydrogens (primary N) is 1. The minimum atomic E-state index is -3.68. The van der Waals surface area contributed by atoms with Gasteiger partial charge in [-0.3, -0.25) is 4.79 Å². The Labute approximate surface area is 150 Å². The van der Waals surface area contributed by atoms with Gasteiger partial charge in [-0.05, 0) is 17.9 Å². The lowest BCUT2D eigenvalue weighted by Crippen LogP contribution is -2.32. The molecule has 2 aliphatic rings. The molecule has 26 heavy (non-hydrogen) atoms. The lowest BCUT2D eigenvalue weighted by atomic mass is 10.3. The van der Waals surface area contributed by atoms with E-state index in [0.717, 1.165) is 0 Å². The maximum atomic E-state index is 12.7. The van der Waals surface area contributed by atoms with E-state index in [4.69, 9.17) is 15.2 Å². The van der Waals surface area contributed by atoms with Gasteiger partial charge in [-0.25, -0.2) is 17.8 Å². The maximum absolute atomic E-state index is 12.7. The molecule has 3 rings (SSSR count). The van der Waals surface area contributed by atoms with Gasteiger partial charge in [0.1, 0.15) is 11.5 Å². The van der Waals surface area contributed by atoms with Gasteiger partial charge in [0, 0.05) is 31.3 Å². The number of aromatic nitrogens is 1. The van der Waals surface area contributed by atoms with Crippen molar-refractivity contribution in [3.05, 3.63) is 30.2 Å². The Morgan fingerprint density at radius 3 is 2.62 bits per heavy atom. The number of piperidine rings is 1. The minimum absolute atomic E-state index is 0.0207. The summed E-state index contributed by atoms with van der Waals surface area (Å²) in [5.41, 5.74) is 5.59. The number of ether oxygens (including phenoxy) is 2. The third kappa shape index (κ3) is 3.44. The number of carbonyl (C=O) groups excluding carboxylic acids is 1. The Hall–Kier alpha value is -2.04. The fourth-order valence-electron chi connectivity index (χ4n) is 3.23. The molecule has 2 heterocycles. The van der Waals surface area contributed by atoms with Gasteiger partial charge in [0.25, 0.3) is 0 Å². The van der Waals surface area contributed by atoms with Crippen LogP contribution in [-0.2, 0) is 19.6 Å². The van der Waals surface area contributed by atoms with Crippen LogP contribution < -0.4 is 10.5 Å². The van der Waals surface area contributed by atoms with Crippen molar-refractivity contribution in [3.8, 4) is 5.88 Å². The van der Waals surface area contributed by atoms with E-state index in [-0.39, 0.29) is 53.2 Å². The summed E-state index contributed by atoms with van der Waals surface area (Å²) < 4.78 is 49.1. The predicted molar refractivity (Wildman–Crippen MR) is 89.2 cm³/mol. The molecule has 1 unspecified atom stereocenters. The summed E-state index contributed by atoms with van der Waals surface area (Å²) in [6.07, 6.45) is 1.58. The van der Waals surface area contributed by atoms with Crippen molar-refractivity contribution in [2.45, 2.75) is 4.90 Å². The number of esters is 1. The van der Waals surface area contributed by atoms with Crippen molar-refractivity contribution in [2.24, 2.45) is 23.5 Å². The summed E-state index contributed by atoms with van der Waals surface area (Å²) in [6, 6.07) is 2.80. The van der Waals surface area contributed by atoms with Gasteiger partial charge in [-0.1, -0.05) is 0 Å². The van der Waals surface area contributed by atoms with Crippen LogP contribution in [0.25, 0.3) is 0 Å². The van der Waals surface area contributed by atoms with E-state index in [1.807, 2.05) is 0 Å². The lowest BCUT2D eigenvalue weighted by Gasteiger charge is -2.19. The van der Waals surface area contributed by atoms with Crippen LogP contribution in [0.4, 0.5) is 4.39 Å². The molecule has 1 aromatic heterocycles. The first-order chi connectivity index (χ1) is 12.4. The first kappa shape index (κ1) is 18.7. The molecule has 0 spiro atoms. The minimum Gasteiger partial charge on any atom is -0.473 e. The number of methoxy groups -OCH3 is 1. The third-order valence-electron chi connectivity index (χ3n) is 4.80. The molecule has 0 amide bonds. The first-order valence-corrected chi connectivity index (χ1v) is 9.51. The van der Waals surface area contributed by atoms with Gasteiger partial charge in [-0.15, -0.1) is 0 Å². The summed E-state index contributed by atoms with van der Waals surface area (Å²) in [6.45, 7) is 0.557. The van der Waals surface area contributed by atoms with Crippen molar-refractivity contribution >= 4 is 16.0 Å². The van der Waals surface area contributed by atoms with Crippen LogP contribution in [-0.4, -0.2) is 57.0 Å². The molecule has 1 saturated carbocycles. The molecular formula is C16H20FN3O5S. The van der Waals surface area contributed by atoms with Crippen molar-refractivity contribution in [1.29, 1.82) is 0 Å². The van der Waals surface area contributed by atoms with Crippen molar-refractivity contribution in [1.82, 2.24) is 9.29 Å². The highest BCUT2D eigenvalue weighted by Gasteiger charge is 2.62. The van der Waals surface area contributed by atoms with Crippen LogP contribution >= 0.6 is 0 Å². The number of hydrogen-bond donors (Lipinski definition) is 1. The van der Waals surface area contributed by atoms with E-state index in [9.17, 15) is 17.6 Å². The van der Waals surface area contributed by atoms with Gasteiger partial charge < -0.3 is 15.2 Å². The SMILES string of the molecule is COC(=O)C1[C@H]2CN(S(=O)(=O)c3ccc(OC/C(=C/F)CN)nc3)C[C@@H]12. The molecule has 0 aromatic carbocycles. The van der Waals surface area contributed by atoms with Crippen molar-refractivity contribution < 1.29 is 27.1 Å². The summed E-state index contributed by atoms with van der Waals surface area (Å²) >= 11 is 0. The Kier molecular flexibility index (Phi) is 5.26. The number of pyridine rings is 1. The highest BCUT2D eigenvalue weighted by Crippen LogP contribution is 2.53. The normalized spacial score (nSPS) is 25.7. The molecule has 3 atom stereocenters. The zero-order valence-electron chi connectivity index (χ0n) is 14.2. The number of rotatable bonds is 7. The molecule has 1 aromatic rings. The average molecular weight is 385 g/mol. The number of nitrogens with zero attached hydrogens (tertiary/aromatic N) is 2. The molecular weight excluding hydrogens is 365 g/mol. The standard InChI is InChI=1S/C16H20FN3O5S/c1-24-16(21)15-12-7-20(8-13(12)15)26(22,23)11-2-3-14(19-6-11)25-9-10(4-17)5-18/h2-4,6,12-13,15H,5,7-9,18H2,1H3/b10-4+/t12-,13+,15?. The molecule has 1 saturated heterocycles. The van der Waals surface area contributed by atoms with Crippen LogP contribution in [0.3, 0.4) is 0 Å². The quantitative estimate of drug-likeness (QED) is 0.672. The number of sulfonamides is 1. The van der Waals surface area contributed by atoms with Crippen LogP contribution in [0.5, 0.6) is 5.88 Å². The molecule has 0 bridgehead atoms. The second-order valence-corrected chi connectivity index (χ2v) is 8.23. The van der Waals surface area contributed by atoms with Gasteiger partial charge in [0.15, 0.2) is 0 Å². The molecule has 10 heteroatoms. The van der Waals surface area contributed by atoms with E-state index >= 15 is 0 Å². The Morgan fingerprint density at radius 1 is 1.42 bits per heavy atom. The van der Waals surface area contributed by atoms with Crippen molar-refractivity contribution in [3.63, 3.8) is 0 Å². The number of hydrogen-bond acceptors (Lipinski definition) is 7. The molecule has 1 aliphatic carbocycles. The second kappa shape index (κ2) is 7.29. The van der Waals surface area contributed by atoms with E-state index in [1.54, 1.807) is 0 Å². The van der Waals surface area contributed by atoms with E-state index in [2.05, 4.69) is 4.98 Å². The van der Waals surface area contributed by atoms with Gasteiger partial charge in [0.2, 0.25) is 15.9 Å². The number of fused-ring (bicyclic) bond motifs is 1. The fraction of sp³-hybridized carbons (Fsp3) is 0.500. The Balaban J connectivity index is 1.62. The highest BCUT2D eigenvalue weighted by molar-refractivity contribution is 7.89. The second-order valence-electron chi connectivity index (χ2n) is 6.29. The lowest BCUT2D eigenvalue weighted by molar-refractivity contribution is -0.143. The molecule has 1 aliphatic heterocycles. The van der Waals surface area contributed by atoms with Crippen LogP contribution in [0.1, 0.15) is 0 Å². The maximum Gasteiger partial charge on any atom is 0.309 e. The van der Waals surface area contributed by atoms with E-state index in [0.29, 0.717) is 19.4 Å². The number of carbonyl (C=O) groups is 1.